The lowest BCUT2D eigenvalue weighted by molar-refractivity contribution is -0.138. The first-order valence-corrected chi connectivity index (χ1v) is 4.71. The molecule has 0 aromatic heterocycles. The van der Waals surface area contributed by atoms with Gasteiger partial charge in [-0.3, -0.25) is 9.59 Å². The van der Waals surface area contributed by atoms with Crippen molar-refractivity contribution < 1.29 is 19.1 Å². The van der Waals surface area contributed by atoms with E-state index in [0.717, 1.165) is 0 Å². The van der Waals surface area contributed by atoms with Crippen molar-refractivity contribution in [1.29, 1.82) is 0 Å². The maximum atomic E-state index is 12.9. The summed E-state index contributed by atoms with van der Waals surface area (Å²) >= 11 is 0. The van der Waals surface area contributed by atoms with Crippen LogP contribution in [0, 0.1) is 12.7 Å². The normalized spacial score (nSPS) is 11.9. The van der Waals surface area contributed by atoms with Gasteiger partial charge in [-0.25, -0.2) is 4.39 Å². The van der Waals surface area contributed by atoms with Gasteiger partial charge in [0.25, 0.3) is 5.91 Å². The van der Waals surface area contributed by atoms with E-state index in [1.165, 1.54) is 32.0 Å². The van der Waals surface area contributed by atoms with E-state index in [9.17, 15) is 14.0 Å². The van der Waals surface area contributed by atoms with Gasteiger partial charge >= 0.3 is 5.97 Å². The van der Waals surface area contributed by atoms with Gasteiger partial charge in [-0.1, -0.05) is 0 Å². The van der Waals surface area contributed by atoms with Crippen molar-refractivity contribution in [3.8, 4) is 0 Å². The van der Waals surface area contributed by atoms with Gasteiger partial charge in [-0.05, 0) is 37.6 Å². The van der Waals surface area contributed by atoms with Gasteiger partial charge in [0.15, 0.2) is 0 Å². The number of aryl methyl sites for hydroxylation is 1. The van der Waals surface area contributed by atoms with Crippen molar-refractivity contribution in [2.75, 3.05) is 0 Å². The van der Waals surface area contributed by atoms with E-state index in [2.05, 4.69) is 5.32 Å². The van der Waals surface area contributed by atoms with Crippen molar-refractivity contribution in [2.45, 2.75) is 19.9 Å². The van der Waals surface area contributed by atoms with Crippen molar-refractivity contribution in [3.63, 3.8) is 0 Å². The molecule has 0 radical (unpaired) electrons. The van der Waals surface area contributed by atoms with Gasteiger partial charge in [0.2, 0.25) is 0 Å². The number of carbonyl (C=O) groups is 2. The molecule has 1 amide bonds. The molecule has 0 unspecified atom stereocenters. The fourth-order valence-corrected chi connectivity index (χ4v) is 1.13. The average molecular weight is 225 g/mol. The highest BCUT2D eigenvalue weighted by Gasteiger charge is 2.15. The SMILES string of the molecule is Cc1cc(C(=O)N[C@H](C)C(=O)O)ccc1F. The first-order chi connectivity index (χ1) is 7.41. The first-order valence-electron chi connectivity index (χ1n) is 4.71. The van der Waals surface area contributed by atoms with Crippen LogP contribution in [0.25, 0.3) is 0 Å². The molecule has 0 aliphatic heterocycles. The second-order valence-corrected chi connectivity index (χ2v) is 3.50. The van der Waals surface area contributed by atoms with Crippen LogP contribution in [0.15, 0.2) is 18.2 Å². The molecule has 0 saturated carbocycles. The minimum absolute atomic E-state index is 0.243. The van der Waals surface area contributed by atoms with Gasteiger partial charge in [0.05, 0.1) is 0 Å². The average Bonchev–Trinajstić information content (AvgIpc) is 2.21. The zero-order chi connectivity index (χ0) is 12.3. The van der Waals surface area contributed by atoms with Crippen LogP contribution in [0.3, 0.4) is 0 Å². The quantitative estimate of drug-likeness (QED) is 0.815. The third-order valence-corrected chi connectivity index (χ3v) is 2.14. The minimum Gasteiger partial charge on any atom is -0.480 e. The second-order valence-electron chi connectivity index (χ2n) is 3.50. The van der Waals surface area contributed by atoms with E-state index in [1.807, 2.05) is 0 Å². The molecule has 0 spiro atoms. The molecule has 0 fully saturated rings. The minimum atomic E-state index is -1.12. The zero-order valence-corrected chi connectivity index (χ0v) is 8.95. The Morgan fingerprint density at radius 3 is 2.56 bits per heavy atom. The number of aliphatic carboxylic acids is 1. The number of hydrogen-bond acceptors (Lipinski definition) is 2. The Hall–Kier alpha value is -1.91. The predicted molar refractivity (Wildman–Crippen MR) is 55.7 cm³/mol. The molecular weight excluding hydrogens is 213 g/mol. The summed E-state index contributed by atoms with van der Waals surface area (Å²) in [6, 6.07) is 2.89. The maximum absolute atomic E-state index is 12.9. The van der Waals surface area contributed by atoms with E-state index >= 15 is 0 Å². The predicted octanol–water partition coefficient (Wildman–Crippen LogP) is 1.34. The number of rotatable bonds is 3. The fraction of sp³-hybridized carbons (Fsp3) is 0.273. The van der Waals surface area contributed by atoms with Crippen LogP contribution < -0.4 is 5.32 Å². The second kappa shape index (κ2) is 4.74. The smallest absolute Gasteiger partial charge is 0.325 e. The molecule has 0 aliphatic rings. The Labute approximate surface area is 92.1 Å². The number of carbonyl (C=O) groups excluding carboxylic acids is 1. The zero-order valence-electron chi connectivity index (χ0n) is 8.95. The molecular formula is C11H12FNO3. The summed E-state index contributed by atoms with van der Waals surface area (Å²) in [5, 5.41) is 10.9. The van der Waals surface area contributed by atoms with Gasteiger partial charge in [-0.15, -0.1) is 0 Å². The monoisotopic (exact) mass is 225 g/mol. The molecule has 0 bridgehead atoms. The van der Waals surface area contributed by atoms with Crippen LogP contribution in [-0.4, -0.2) is 23.0 Å². The number of hydrogen-bond donors (Lipinski definition) is 2. The summed E-state index contributed by atoms with van der Waals surface area (Å²) in [6.45, 7) is 2.89. The number of amides is 1. The Kier molecular flexibility index (Phi) is 3.60. The highest BCUT2D eigenvalue weighted by Crippen LogP contribution is 2.09. The molecule has 0 aliphatic carbocycles. The first kappa shape index (κ1) is 12.2. The highest BCUT2D eigenvalue weighted by atomic mass is 19.1. The van der Waals surface area contributed by atoms with E-state index in [-0.39, 0.29) is 5.56 Å². The van der Waals surface area contributed by atoms with E-state index in [4.69, 9.17) is 5.11 Å². The molecule has 0 heterocycles. The standard InChI is InChI=1S/C11H12FNO3/c1-6-5-8(3-4-9(6)12)10(14)13-7(2)11(15)16/h3-5,7H,1-2H3,(H,13,14)(H,15,16)/t7-/m1/s1. The lowest BCUT2D eigenvalue weighted by Gasteiger charge is -2.09. The number of benzene rings is 1. The summed E-state index contributed by atoms with van der Waals surface area (Å²) in [4.78, 5) is 22.0. The largest absolute Gasteiger partial charge is 0.480 e. The van der Waals surface area contributed by atoms with Crippen LogP contribution in [-0.2, 0) is 4.79 Å². The van der Waals surface area contributed by atoms with Crippen molar-refractivity contribution in [1.82, 2.24) is 5.32 Å². The molecule has 1 aromatic rings. The number of carboxylic acid groups (broad SMARTS) is 1. The van der Waals surface area contributed by atoms with E-state index in [0.29, 0.717) is 5.56 Å². The summed E-state index contributed by atoms with van der Waals surface area (Å²) < 4.78 is 12.9. The number of carboxylic acids is 1. The van der Waals surface area contributed by atoms with Crippen molar-refractivity contribution in [2.24, 2.45) is 0 Å². The molecule has 86 valence electrons. The highest BCUT2D eigenvalue weighted by molar-refractivity contribution is 5.96. The Balaban J connectivity index is 2.81. The van der Waals surface area contributed by atoms with Crippen LogP contribution in [0.5, 0.6) is 0 Å². The van der Waals surface area contributed by atoms with Crippen molar-refractivity contribution in [3.05, 3.63) is 35.1 Å². The van der Waals surface area contributed by atoms with Crippen LogP contribution >= 0.6 is 0 Å². The lowest BCUT2D eigenvalue weighted by atomic mass is 10.1. The number of nitrogens with one attached hydrogen (secondary N) is 1. The molecule has 1 atom stereocenters. The molecule has 1 rings (SSSR count). The molecule has 0 saturated heterocycles. The third kappa shape index (κ3) is 2.79. The number of halogens is 1. The van der Waals surface area contributed by atoms with Gasteiger partial charge in [-0.2, -0.15) is 0 Å². The van der Waals surface area contributed by atoms with Crippen molar-refractivity contribution >= 4 is 11.9 Å². The summed E-state index contributed by atoms with van der Waals surface area (Å²) in [7, 11) is 0. The lowest BCUT2D eigenvalue weighted by Crippen LogP contribution is -2.38. The van der Waals surface area contributed by atoms with Gasteiger partial charge < -0.3 is 10.4 Å². The molecule has 16 heavy (non-hydrogen) atoms. The Morgan fingerprint density at radius 1 is 1.44 bits per heavy atom. The maximum Gasteiger partial charge on any atom is 0.325 e. The molecule has 2 N–H and O–H groups in total. The van der Waals surface area contributed by atoms with E-state index in [1.54, 1.807) is 0 Å². The topological polar surface area (TPSA) is 66.4 Å². The summed E-state index contributed by atoms with van der Waals surface area (Å²) in [6.07, 6.45) is 0. The fourth-order valence-electron chi connectivity index (χ4n) is 1.13. The van der Waals surface area contributed by atoms with Gasteiger partial charge in [0, 0.05) is 5.56 Å². The Bertz CT molecular complexity index is 431. The van der Waals surface area contributed by atoms with E-state index < -0.39 is 23.7 Å². The van der Waals surface area contributed by atoms with Gasteiger partial charge in [0.1, 0.15) is 11.9 Å². The molecule has 5 heteroatoms. The third-order valence-electron chi connectivity index (χ3n) is 2.14. The van der Waals surface area contributed by atoms with Crippen LogP contribution in [0.1, 0.15) is 22.8 Å². The van der Waals surface area contributed by atoms with Crippen LogP contribution in [0.4, 0.5) is 4.39 Å². The van der Waals surface area contributed by atoms with Crippen LogP contribution in [0.2, 0.25) is 0 Å². The Morgan fingerprint density at radius 2 is 2.06 bits per heavy atom. The summed E-state index contributed by atoms with van der Waals surface area (Å²) in [5.74, 6) is -2.05. The summed E-state index contributed by atoms with van der Waals surface area (Å²) in [5.41, 5.74) is 0.586. The molecule has 1 aromatic carbocycles. The molecule has 4 nitrogen and oxygen atoms in total.